The number of alkyl halides is 5. The average molecular weight is 335 g/mol. The molecule has 0 bridgehead atoms. The highest BCUT2D eigenvalue weighted by atomic mass is 19.4. The maximum Gasteiger partial charge on any atom is 0.453 e. The normalized spacial score (nSPS) is 12.9. The molecule has 1 rings (SSSR count). The number of benzene rings is 1. The van der Waals surface area contributed by atoms with Crippen LogP contribution in [0, 0.1) is 0 Å². The Morgan fingerprint density at radius 1 is 0.870 bits per heavy atom. The Balaban J connectivity index is 2.00. The second kappa shape index (κ2) is 9.65. The van der Waals surface area contributed by atoms with E-state index in [2.05, 4.69) is 17.4 Å². The van der Waals surface area contributed by atoms with Crippen LogP contribution in [-0.2, 0) is 6.42 Å². The van der Waals surface area contributed by atoms with Crippen LogP contribution in [-0.4, -0.2) is 25.2 Å². The van der Waals surface area contributed by atoms with Crippen LogP contribution in [0.3, 0.4) is 0 Å². The van der Waals surface area contributed by atoms with E-state index in [1.54, 1.807) is 6.08 Å². The minimum Gasteiger partial charge on any atom is -0.316 e. The van der Waals surface area contributed by atoms with Gasteiger partial charge in [0.25, 0.3) is 0 Å². The van der Waals surface area contributed by atoms with Gasteiger partial charge in [0.2, 0.25) is 0 Å². The molecule has 6 heteroatoms. The van der Waals surface area contributed by atoms with Gasteiger partial charge in [-0.3, -0.25) is 0 Å². The Hall–Kier alpha value is -1.43. The van der Waals surface area contributed by atoms with Crippen LogP contribution < -0.4 is 5.32 Å². The van der Waals surface area contributed by atoms with Crippen molar-refractivity contribution in [3.05, 3.63) is 48.0 Å². The van der Waals surface area contributed by atoms with E-state index in [9.17, 15) is 22.0 Å². The van der Waals surface area contributed by atoms with Crippen LogP contribution >= 0.6 is 0 Å². The first kappa shape index (κ1) is 19.6. The molecule has 1 aromatic rings. The molecule has 1 nitrogen and oxygen atoms in total. The topological polar surface area (TPSA) is 12.0 Å². The summed E-state index contributed by atoms with van der Waals surface area (Å²) in [7, 11) is 0. The molecule has 1 aromatic carbocycles. The predicted molar refractivity (Wildman–Crippen MR) is 81.6 cm³/mol. The monoisotopic (exact) mass is 335 g/mol. The minimum atomic E-state index is -5.45. The lowest BCUT2D eigenvalue weighted by Crippen LogP contribution is -2.35. The maximum absolute atomic E-state index is 12.6. The molecule has 0 fully saturated rings. The van der Waals surface area contributed by atoms with Crippen LogP contribution in [0.4, 0.5) is 22.0 Å². The third-order valence-corrected chi connectivity index (χ3v) is 3.36. The summed E-state index contributed by atoms with van der Waals surface area (Å²) in [6.07, 6.45) is -1.45. The van der Waals surface area contributed by atoms with E-state index in [0.717, 1.165) is 25.9 Å². The van der Waals surface area contributed by atoms with Gasteiger partial charge in [0, 0.05) is 6.42 Å². The van der Waals surface area contributed by atoms with Gasteiger partial charge < -0.3 is 5.32 Å². The number of unbranched alkanes of at least 4 members (excludes halogenated alkanes) is 1. The van der Waals surface area contributed by atoms with Crippen molar-refractivity contribution in [2.45, 2.75) is 44.2 Å². The van der Waals surface area contributed by atoms with E-state index < -0.39 is 18.5 Å². The molecule has 0 aliphatic carbocycles. The second-order valence-corrected chi connectivity index (χ2v) is 5.34. The average Bonchev–Trinajstić information content (AvgIpc) is 2.49. The lowest BCUT2D eigenvalue weighted by Gasteiger charge is -2.18. The molecule has 0 spiro atoms. The van der Waals surface area contributed by atoms with Crippen molar-refractivity contribution in [1.29, 1.82) is 0 Å². The van der Waals surface area contributed by atoms with E-state index in [1.807, 2.05) is 18.2 Å². The standard InChI is InChI=1S/C17H22F5N/c18-16(19,17(20,21)22)12-7-2-1-3-8-13-23-14-11-15-9-5-4-6-10-15/h1-2,4-6,9-10,23H,3,7-8,11-14H2. The molecular weight excluding hydrogens is 313 g/mol. The van der Waals surface area contributed by atoms with Crippen LogP contribution in [0.15, 0.2) is 42.5 Å². The smallest absolute Gasteiger partial charge is 0.316 e. The fraction of sp³-hybridized carbons (Fsp3) is 0.529. The second-order valence-electron chi connectivity index (χ2n) is 5.34. The predicted octanol–water partition coefficient (Wildman–Crippen LogP) is 5.13. The van der Waals surface area contributed by atoms with Crippen LogP contribution in [0.1, 0.15) is 31.2 Å². The zero-order valence-electron chi connectivity index (χ0n) is 12.9. The Morgan fingerprint density at radius 2 is 1.52 bits per heavy atom. The van der Waals surface area contributed by atoms with Gasteiger partial charge in [0.1, 0.15) is 0 Å². The largest absolute Gasteiger partial charge is 0.453 e. The van der Waals surface area contributed by atoms with Gasteiger partial charge in [-0.1, -0.05) is 42.5 Å². The molecule has 0 heterocycles. The summed E-state index contributed by atoms with van der Waals surface area (Å²) >= 11 is 0. The lowest BCUT2D eigenvalue weighted by atomic mass is 10.1. The van der Waals surface area contributed by atoms with Crippen molar-refractivity contribution in [2.75, 3.05) is 13.1 Å². The Kier molecular flexibility index (Phi) is 8.23. The third-order valence-electron chi connectivity index (χ3n) is 3.36. The van der Waals surface area contributed by atoms with E-state index in [1.165, 1.54) is 11.6 Å². The lowest BCUT2D eigenvalue weighted by molar-refractivity contribution is -0.283. The molecule has 0 saturated carbocycles. The number of halogens is 5. The highest BCUT2D eigenvalue weighted by Gasteiger charge is 2.56. The number of rotatable bonds is 10. The SMILES string of the molecule is FC(F)(F)C(F)(F)CCC=CCCCNCCc1ccccc1. The summed E-state index contributed by atoms with van der Waals surface area (Å²) in [5.74, 6) is -4.60. The molecule has 130 valence electrons. The summed E-state index contributed by atoms with van der Waals surface area (Å²) in [6, 6.07) is 10.1. The molecule has 0 amide bonds. The third kappa shape index (κ3) is 8.11. The molecule has 0 radical (unpaired) electrons. The van der Waals surface area contributed by atoms with E-state index >= 15 is 0 Å². The zero-order chi connectivity index (χ0) is 17.2. The Labute approximate surface area is 133 Å². The van der Waals surface area contributed by atoms with E-state index in [-0.39, 0.29) is 6.42 Å². The highest BCUT2D eigenvalue weighted by molar-refractivity contribution is 5.14. The summed E-state index contributed by atoms with van der Waals surface area (Å²) in [5, 5.41) is 3.27. The quantitative estimate of drug-likeness (QED) is 0.355. The summed E-state index contributed by atoms with van der Waals surface area (Å²) in [6.45, 7) is 1.64. The highest BCUT2D eigenvalue weighted by Crippen LogP contribution is 2.38. The zero-order valence-corrected chi connectivity index (χ0v) is 12.9. The number of nitrogens with one attached hydrogen (secondary N) is 1. The van der Waals surface area contributed by atoms with Crippen molar-refractivity contribution in [3.8, 4) is 0 Å². The molecule has 0 atom stereocenters. The summed E-state index contributed by atoms with van der Waals surface area (Å²) in [4.78, 5) is 0. The fourth-order valence-corrected chi connectivity index (χ4v) is 1.99. The van der Waals surface area contributed by atoms with Gasteiger partial charge in [-0.2, -0.15) is 22.0 Å². The van der Waals surface area contributed by atoms with E-state index in [0.29, 0.717) is 6.42 Å². The van der Waals surface area contributed by atoms with Gasteiger partial charge in [0.15, 0.2) is 0 Å². The molecule has 0 saturated heterocycles. The first-order valence-electron chi connectivity index (χ1n) is 7.67. The molecule has 0 aliphatic heterocycles. The van der Waals surface area contributed by atoms with Crippen molar-refractivity contribution in [3.63, 3.8) is 0 Å². The fourth-order valence-electron chi connectivity index (χ4n) is 1.99. The van der Waals surface area contributed by atoms with Crippen molar-refractivity contribution in [2.24, 2.45) is 0 Å². The molecular formula is C17H22F5N. The summed E-state index contributed by atoms with van der Waals surface area (Å²) in [5.41, 5.74) is 1.26. The van der Waals surface area contributed by atoms with Crippen molar-refractivity contribution < 1.29 is 22.0 Å². The van der Waals surface area contributed by atoms with E-state index in [4.69, 9.17) is 0 Å². The van der Waals surface area contributed by atoms with Gasteiger partial charge in [-0.05, 0) is 44.3 Å². The number of hydrogen-bond acceptors (Lipinski definition) is 1. The molecule has 0 aromatic heterocycles. The first-order valence-corrected chi connectivity index (χ1v) is 7.67. The van der Waals surface area contributed by atoms with Crippen LogP contribution in [0.5, 0.6) is 0 Å². The minimum absolute atomic E-state index is 0.270. The van der Waals surface area contributed by atoms with Crippen molar-refractivity contribution >= 4 is 0 Å². The van der Waals surface area contributed by atoms with Gasteiger partial charge in [0.05, 0.1) is 0 Å². The first-order chi connectivity index (χ1) is 10.8. The molecule has 0 aliphatic rings. The number of hydrogen-bond donors (Lipinski definition) is 1. The molecule has 23 heavy (non-hydrogen) atoms. The van der Waals surface area contributed by atoms with Crippen LogP contribution in [0.25, 0.3) is 0 Å². The van der Waals surface area contributed by atoms with Gasteiger partial charge in [-0.25, -0.2) is 0 Å². The van der Waals surface area contributed by atoms with Gasteiger partial charge in [-0.15, -0.1) is 0 Å². The number of allylic oxidation sites excluding steroid dienone is 2. The molecule has 1 N–H and O–H groups in total. The summed E-state index contributed by atoms with van der Waals surface area (Å²) < 4.78 is 61.0. The Bertz CT molecular complexity index is 454. The van der Waals surface area contributed by atoms with Crippen LogP contribution in [0.2, 0.25) is 0 Å². The van der Waals surface area contributed by atoms with Gasteiger partial charge >= 0.3 is 12.1 Å². The Morgan fingerprint density at radius 3 is 2.17 bits per heavy atom. The molecule has 0 unspecified atom stereocenters. The maximum atomic E-state index is 12.6. The van der Waals surface area contributed by atoms with Crippen molar-refractivity contribution in [1.82, 2.24) is 5.32 Å².